The molecule has 1 atom stereocenters. The van der Waals surface area contributed by atoms with E-state index in [1.54, 1.807) is 7.11 Å². The van der Waals surface area contributed by atoms with Crippen molar-refractivity contribution in [1.29, 1.82) is 0 Å². The van der Waals surface area contributed by atoms with Crippen LogP contribution in [-0.2, 0) is 10.2 Å². The van der Waals surface area contributed by atoms with Gasteiger partial charge in [0.2, 0.25) is 5.95 Å². The number of hydrogen-bond acceptors (Lipinski definition) is 7. The fourth-order valence-electron chi connectivity index (χ4n) is 5.77. The van der Waals surface area contributed by atoms with Crippen LogP contribution in [0.2, 0.25) is 0 Å². The van der Waals surface area contributed by atoms with Gasteiger partial charge < -0.3 is 24.6 Å². The van der Waals surface area contributed by atoms with Crippen LogP contribution in [0.25, 0.3) is 0 Å². The van der Waals surface area contributed by atoms with Gasteiger partial charge in [0, 0.05) is 50.0 Å². The Morgan fingerprint density at radius 3 is 2.49 bits per heavy atom. The zero-order valence-electron chi connectivity index (χ0n) is 24.5. The summed E-state index contributed by atoms with van der Waals surface area (Å²) in [6, 6.07) is 15.4. The maximum absolute atomic E-state index is 15.0. The Hall–Kier alpha value is -3.72. The van der Waals surface area contributed by atoms with E-state index in [-0.39, 0.29) is 16.7 Å². The van der Waals surface area contributed by atoms with E-state index in [1.165, 1.54) is 11.8 Å². The molecule has 1 amide bonds. The average molecular weight is 562 g/mol. The van der Waals surface area contributed by atoms with Crippen molar-refractivity contribution < 1.29 is 18.7 Å². The molecule has 0 radical (unpaired) electrons. The molecule has 0 aliphatic carbocycles. The van der Waals surface area contributed by atoms with Crippen molar-refractivity contribution in [1.82, 2.24) is 14.9 Å². The summed E-state index contributed by atoms with van der Waals surface area (Å²) < 4.78 is 25.6. The minimum absolute atomic E-state index is 0.0418. The number of nitrogens with zero attached hydrogens (tertiary/aromatic N) is 4. The van der Waals surface area contributed by atoms with E-state index in [2.05, 4.69) is 48.2 Å². The molecular formula is C32H40FN5O3. The van der Waals surface area contributed by atoms with Gasteiger partial charge in [-0.15, -0.1) is 0 Å². The fourth-order valence-corrected chi connectivity index (χ4v) is 5.77. The number of rotatable bonds is 8. The highest BCUT2D eigenvalue weighted by Gasteiger charge is 2.43. The van der Waals surface area contributed by atoms with Crippen molar-refractivity contribution in [2.75, 3.05) is 56.7 Å². The monoisotopic (exact) mass is 561 g/mol. The molecule has 2 fully saturated rings. The smallest absolute Gasteiger partial charge is 0.253 e. The summed E-state index contributed by atoms with van der Waals surface area (Å²) in [6.45, 7) is 10.2. The van der Waals surface area contributed by atoms with Crippen LogP contribution in [0.15, 0.2) is 54.7 Å². The molecule has 41 heavy (non-hydrogen) atoms. The highest BCUT2D eigenvalue weighted by Crippen LogP contribution is 2.41. The van der Waals surface area contributed by atoms with E-state index >= 15 is 4.39 Å². The molecule has 3 aromatic rings. The van der Waals surface area contributed by atoms with Crippen LogP contribution >= 0.6 is 0 Å². The number of nitrogens with one attached hydrogen (secondary N) is 1. The lowest BCUT2D eigenvalue weighted by Crippen LogP contribution is -2.46. The number of amides is 1. The molecule has 218 valence electrons. The van der Waals surface area contributed by atoms with Crippen LogP contribution in [0.3, 0.4) is 0 Å². The van der Waals surface area contributed by atoms with Crippen molar-refractivity contribution >= 4 is 23.4 Å². The number of likely N-dealkylation sites (tertiary alicyclic amines) is 1. The summed E-state index contributed by atoms with van der Waals surface area (Å²) in [5.41, 5.74) is 2.66. The Balaban J connectivity index is 1.24. The van der Waals surface area contributed by atoms with Gasteiger partial charge in [-0.25, -0.2) is 9.37 Å². The third kappa shape index (κ3) is 6.78. The molecule has 1 aromatic heterocycles. The van der Waals surface area contributed by atoms with Crippen molar-refractivity contribution in [2.24, 2.45) is 5.41 Å². The molecule has 2 saturated heterocycles. The molecule has 0 bridgehead atoms. The number of methoxy groups -OCH3 is 1. The van der Waals surface area contributed by atoms with Gasteiger partial charge in [-0.1, -0.05) is 32.9 Å². The van der Waals surface area contributed by atoms with Crippen LogP contribution in [0.4, 0.5) is 21.8 Å². The van der Waals surface area contributed by atoms with E-state index in [1.807, 2.05) is 46.2 Å². The standard InChI is InChI=1S/C32H40FN5O3/c1-31(2,3)24-8-6-23(7-9-24)29(39)38-17-15-32(22-38)14-5-16-37(21-32)28-27(33)20-34-30(36-28)35-25-10-12-26(13-11-25)41-19-18-40-4/h6-13,20H,5,14-19,21-22H2,1-4H3,(H,34,35,36). The first kappa shape index (κ1) is 28.8. The van der Waals surface area contributed by atoms with Crippen LogP contribution in [0, 0.1) is 11.2 Å². The fraction of sp³-hybridized carbons (Fsp3) is 0.469. The van der Waals surface area contributed by atoms with Crippen LogP contribution < -0.4 is 15.0 Å². The SMILES string of the molecule is COCCOc1ccc(Nc2ncc(F)c(N3CCCC4(CCN(C(=O)c5ccc(C(C)(C)C)cc5)C4)C3)n2)cc1. The summed E-state index contributed by atoms with van der Waals surface area (Å²) in [5, 5.41) is 3.17. The molecular weight excluding hydrogens is 521 g/mol. The van der Waals surface area contributed by atoms with Crippen LogP contribution in [-0.4, -0.2) is 67.3 Å². The van der Waals surface area contributed by atoms with Crippen molar-refractivity contribution in [3.63, 3.8) is 0 Å². The predicted molar refractivity (Wildman–Crippen MR) is 159 cm³/mol. The van der Waals surface area contributed by atoms with Gasteiger partial charge in [-0.2, -0.15) is 4.98 Å². The summed E-state index contributed by atoms with van der Waals surface area (Å²) in [4.78, 5) is 26.1. The molecule has 5 rings (SSSR count). The van der Waals surface area contributed by atoms with E-state index in [4.69, 9.17) is 9.47 Å². The average Bonchev–Trinajstić information content (AvgIpc) is 3.37. The second-order valence-corrected chi connectivity index (χ2v) is 12.2. The molecule has 1 unspecified atom stereocenters. The lowest BCUT2D eigenvalue weighted by atomic mass is 9.79. The second kappa shape index (κ2) is 12.0. The third-order valence-corrected chi connectivity index (χ3v) is 8.08. The first-order valence-electron chi connectivity index (χ1n) is 14.3. The zero-order chi connectivity index (χ0) is 29.0. The summed E-state index contributed by atoms with van der Waals surface area (Å²) in [7, 11) is 1.63. The first-order chi connectivity index (χ1) is 19.7. The van der Waals surface area contributed by atoms with E-state index < -0.39 is 5.82 Å². The number of halogens is 1. The third-order valence-electron chi connectivity index (χ3n) is 8.08. The van der Waals surface area contributed by atoms with Gasteiger partial charge in [0.1, 0.15) is 12.4 Å². The number of hydrogen-bond donors (Lipinski definition) is 1. The molecule has 8 nitrogen and oxygen atoms in total. The van der Waals surface area contributed by atoms with Gasteiger partial charge in [-0.05, 0) is 66.6 Å². The number of benzene rings is 2. The number of piperidine rings is 1. The number of carbonyl (C=O) groups is 1. The topological polar surface area (TPSA) is 79.8 Å². The summed E-state index contributed by atoms with van der Waals surface area (Å²) in [6.07, 6.45) is 4.04. The summed E-state index contributed by atoms with van der Waals surface area (Å²) in [5.74, 6) is 0.978. The molecule has 0 saturated carbocycles. The van der Waals surface area contributed by atoms with Crippen molar-refractivity contribution in [3.8, 4) is 5.75 Å². The van der Waals surface area contributed by atoms with Crippen LogP contribution in [0.5, 0.6) is 5.75 Å². The Morgan fingerprint density at radius 2 is 1.78 bits per heavy atom. The Kier molecular flexibility index (Phi) is 8.45. The lowest BCUT2D eigenvalue weighted by Gasteiger charge is -2.41. The van der Waals surface area contributed by atoms with E-state index in [9.17, 15) is 4.79 Å². The van der Waals surface area contributed by atoms with Gasteiger partial charge in [0.05, 0.1) is 12.8 Å². The summed E-state index contributed by atoms with van der Waals surface area (Å²) >= 11 is 0. The molecule has 2 aliphatic rings. The first-order valence-corrected chi connectivity index (χ1v) is 14.3. The normalized spacial score (nSPS) is 19.0. The minimum atomic E-state index is -0.445. The van der Waals surface area contributed by atoms with Gasteiger partial charge in [0.25, 0.3) is 5.91 Å². The quantitative estimate of drug-likeness (QED) is 0.348. The van der Waals surface area contributed by atoms with Crippen molar-refractivity contribution in [2.45, 2.75) is 45.4 Å². The minimum Gasteiger partial charge on any atom is -0.491 e. The lowest BCUT2D eigenvalue weighted by molar-refractivity contribution is 0.0767. The number of aromatic nitrogens is 2. The van der Waals surface area contributed by atoms with Gasteiger partial charge >= 0.3 is 0 Å². The number of ether oxygens (including phenoxy) is 2. The molecule has 1 spiro atoms. The largest absolute Gasteiger partial charge is 0.491 e. The second-order valence-electron chi connectivity index (χ2n) is 12.2. The number of carbonyl (C=O) groups excluding carboxylic acids is 1. The van der Waals surface area contributed by atoms with Gasteiger partial charge in [-0.3, -0.25) is 4.79 Å². The van der Waals surface area contributed by atoms with Gasteiger partial charge in [0.15, 0.2) is 11.6 Å². The Morgan fingerprint density at radius 1 is 1.02 bits per heavy atom. The number of anilines is 3. The highest BCUT2D eigenvalue weighted by molar-refractivity contribution is 5.94. The van der Waals surface area contributed by atoms with E-state index in [0.29, 0.717) is 51.2 Å². The van der Waals surface area contributed by atoms with E-state index in [0.717, 1.165) is 36.3 Å². The molecule has 3 heterocycles. The molecule has 1 N–H and O–H groups in total. The van der Waals surface area contributed by atoms with Crippen molar-refractivity contribution in [3.05, 3.63) is 71.7 Å². The molecule has 2 aromatic carbocycles. The maximum atomic E-state index is 15.0. The highest BCUT2D eigenvalue weighted by atomic mass is 19.1. The predicted octanol–water partition coefficient (Wildman–Crippen LogP) is 5.81. The maximum Gasteiger partial charge on any atom is 0.253 e. The molecule has 2 aliphatic heterocycles. The molecule has 9 heteroatoms. The Bertz CT molecular complexity index is 1340. The Labute approximate surface area is 241 Å². The van der Waals surface area contributed by atoms with Crippen LogP contribution in [0.1, 0.15) is 56.0 Å². The zero-order valence-corrected chi connectivity index (χ0v) is 24.5.